The van der Waals surface area contributed by atoms with E-state index >= 15 is 0 Å². The van der Waals surface area contributed by atoms with Gasteiger partial charge in [0.25, 0.3) is 33.7 Å². The van der Waals surface area contributed by atoms with Crippen molar-refractivity contribution < 1.29 is 37.8 Å². The zero-order valence-corrected chi connectivity index (χ0v) is 43.9. The Balaban J connectivity index is 0.000000151. The number of hydrogen-bond donors (Lipinski definition) is 3. The highest BCUT2D eigenvalue weighted by Gasteiger charge is 2.83. The second-order valence-electron chi connectivity index (χ2n) is 19.6. The van der Waals surface area contributed by atoms with Crippen LogP contribution in [0.25, 0.3) is 11.1 Å². The number of fused-ring (bicyclic) bond motifs is 12. The summed E-state index contributed by atoms with van der Waals surface area (Å²) < 4.78 is 30.4. The minimum atomic E-state index is -4.24. The Hall–Kier alpha value is -5.67. The molecule has 0 aromatic heterocycles. The lowest BCUT2D eigenvalue weighted by atomic mass is 9.68. The number of thioether (sulfide) groups is 2. The monoisotopic (exact) mass is 1080 g/mol. The van der Waals surface area contributed by atoms with Gasteiger partial charge >= 0.3 is 0 Å². The molecule has 15 rings (SSSR count). The lowest BCUT2D eigenvalue weighted by Crippen LogP contribution is -2.74. The fraction of sp³-hybridized carbons (Fsp3) is 0.309. The summed E-state index contributed by atoms with van der Waals surface area (Å²) >= 11 is 2.60. The van der Waals surface area contributed by atoms with E-state index in [0.717, 1.165) is 45.5 Å². The molecule has 0 unspecified atom stereocenters. The molecule has 5 aromatic carbocycles. The van der Waals surface area contributed by atoms with Gasteiger partial charge in [-0.25, -0.2) is 12.7 Å². The van der Waals surface area contributed by atoms with E-state index in [9.17, 15) is 37.8 Å². The largest absolute Gasteiger partial charge is 0.388 e. The van der Waals surface area contributed by atoms with Crippen LogP contribution in [-0.4, -0.2) is 133 Å². The van der Waals surface area contributed by atoms with Crippen molar-refractivity contribution in [3.05, 3.63) is 173 Å². The number of para-hydroxylation sites is 2. The van der Waals surface area contributed by atoms with Gasteiger partial charge in [0.05, 0.1) is 21.4 Å². The number of nitrogens with zero attached hydrogens (tertiary/aromatic N) is 5. The van der Waals surface area contributed by atoms with E-state index in [0.29, 0.717) is 17.7 Å². The smallest absolute Gasteiger partial charge is 0.266 e. The maximum Gasteiger partial charge on any atom is 0.266 e. The third-order valence-electron chi connectivity index (χ3n) is 16.6. The molecule has 10 aliphatic rings. The van der Waals surface area contributed by atoms with Crippen molar-refractivity contribution in [1.29, 1.82) is 0 Å². The van der Waals surface area contributed by atoms with E-state index in [1.165, 1.54) is 81.8 Å². The number of sulfonamides is 1. The second-order valence-corrected chi connectivity index (χ2v) is 25.8. The highest BCUT2D eigenvalue weighted by atomic mass is 33.1. The van der Waals surface area contributed by atoms with Crippen LogP contribution in [0.2, 0.25) is 0 Å². The molecule has 14 nitrogen and oxygen atoms in total. The van der Waals surface area contributed by atoms with E-state index in [-0.39, 0.29) is 30.0 Å². The first-order valence-electron chi connectivity index (χ1n) is 23.8. The summed E-state index contributed by atoms with van der Waals surface area (Å²) in [7, 11) is 1.40. The van der Waals surface area contributed by atoms with Crippen molar-refractivity contribution in [2.24, 2.45) is 0 Å². The number of hydrogen-bond acceptors (Lipinski definition) is 13. The third kappa shape index (κ3) is 5.68. The molecule has 380 valence electrons. The number of benzene rings is 5. The third-order valence-corrected chi connectivity index (χ3v) is 23.9. The predicted molar refractivity (Wildman–Crippen MR) is 293 cm³/mol. The standard InChI is InChI=1S/C29H23N3O5S3.C25H25N3O3S2.CH4/c1-30-24-23(33)31-26-28(25(34)29(31,27(30)35)39-38-24,20-16-15-17-9-5-6-12-19(17)20)21-13-7-8-14-22(21)32(26)40(36,37)18-10-3-2-4-11-18;1-27-20(32-2)19(29)28-22-24(17-10-6-7-11-18(17)26-22,21(30)25(28,33-3)23(27)31)16-13-12-14-8-4-5-9-15(14)16;/h2-14,16,24-26,34H,15H2,1H3;4-11,13,20-22,26,30H,12H2,1-3H3;1H4/t24-,25-,26-,28-,29-;20-,21-,22+,24-,25-;/m00./s1. The summed E-state index contributed by atoms with van der Waals surface area (Å²) in [6.07, 6.45) is 4.86. The van der Waals surface area contributed by atoms with Crippen LogP contribution in [0.1, 0.15) is 40.8 Å². The van der Waals surface area contributed by atoms with Gasteiger partial charge in [-0.05, 0) is 105 Å². The molecule has 0 radical (unpaired) electrons. The molecule has 0 saturated carbocycles. The van der Waals surface area contributed by atoms with Gasteiger partial charge in [0.1, 0.15) is 24.5 Å². The number of piperazine rings is 2. The Morgan fingerprint density at radius 2 is 1.24 bits per heavy atom. The summed E-state index contributed by atoms with van der Waals surface area (Å²) in [6, 6.07) is 39.2. The van der Waals surface area contributed by atoms with E-state index in [1.807, 2.05) is 91.4 Å². The number of amides is 4. The van der Waals surface area contributed by atoms with E-state index in [4.69, 9.17) is 0 Å². The van der Waals surface area contributed by atoms with Gasteiger partial charge in [-0.3, -0.25) is 29.0 Å². The number of aliphatic hydroxyl groups excluding tert-OH is 2. The maximum atomic E-state index is 14.6. The Morgan fingerprint density at radius 1 is 0.662 bits per heavy atom. The lowest BCUT2D eigenvalue weighted by Gasteiger charge is -2.54. The first-order chi connectivity index (χ1) is 35.2. The van der Waals surface area contributed by atoms with Crippen molar-refractivity contribution >= 4 is 101 Å². The van der Waals surface area contributed by atoms with Crippen LogP contribution in [0.15, 0.2) is 144 Å². The Labute approximate surface area is 446 Å². The molecule has 74 heavy (non-hydrogen) atoms. The van der Waals surface area contributed by atoms with Gasteiger partial charge in [0.2, 0.25) is 4.87 Å². The van der Waals surface area contributed by atoms with Crippen LogP contribution < -0.4 is 9.62 Å². The quantitative estimate of drug-likeness (QED) is 0.156. The number of carbonyl (C=O) groups is 4. The molecule has 6 fully saturated rings. The van der Waals surface area contributed by atoms with Gasteiger partial charge in [-0.1, -0.05) is 134 Å². The molecule has 3 N–H and O–H groups in total. The summed E-state index contributed by atoms with van der Waals surface area (Å²) in [6.45, 7) is 0. The van der Waals surface area contributed by atoms with Crippen molar-refractivity contribution in [2.45, 2.75) is 81.0 Å². The number of allylic oxidation sites excluding steroid dienone is 2. The van der Waals surface area contributed by atoms with Gasteiger partial charge in [-0.2, -0.15) is 0 Å². The molecule has 8 aliphatic heterocycles. The number of nitrogens with one attached hydrogen (secondary N) is 1. The molecule has 19 heteroatoms. The average molecular weight is 1090 g/mol. The second kappa shape index (κ2) is 16.9. The Kier molecular flexibility index (Phi) is 11.3. The molecule has 5 aromatic rings. The van der Waals surface area contributed by atoms with E-state index < -0.39 is 71.8 Å². The molecular formula is C55H52N6O8S5. The highest BCUT2D eigenvalue weighted by Crippen LogP contribution is 2.71. The Bertz CT molecular complexity index is 3450. The van der Waals surface area contributed by atoms with Crippen LogP contribution in [0.4, 0.5) is 11.4 Å². The average Bonchev–Trinajstić information content (AvgIpc) is 4.37. The molecule has 4 amide bonds. The van der Waals surface area contributed by atoms with Crippen LogP contribution in [-0.2, 0) is 52.9 Å². The highest BCUT2D eigenvalue weighted by molar-refractivity contribution is 8.78. The zero-order valence-electron chi connectivity index (χ0n) is 39.8. The van der Waals surface area contributed by atoms with Crippen molar-refractivity contribution in [3.8, 4) is 0 Å². The number of rotatable bonds is 6. The molecule has 6 saturated heterocycles. The topological polar surface area (TPSA) is 171 Å². The van der Waals surface area contributed by atoms with Crippen molar-refractivity contribution in [3.63, 3.8) is 0 Å². The molecular weight excluding hydrogens is 1030 g/mol. The summed E-state index contributed by atoms with van der Waals surface area (Å²) in [5.41, 5.74) is 6.33. The summed E-state index contributed by atoms with van der Waals surface area (Å²) in [4.78, 5) is 59.0. The minimum absolute atomic E-state index is 0. The van der Waals surface area contributed by atoms with E-state index in [2.05, 4.69) is 23.5 Å². The lowest BCUT2D eigenvalue weighted by molar-refractivity contribution is -0.161. The van der Waals surface area contributed by atoms with Gasteiger partial charge < -0.3 is 25.3 Å². The Morgan fingerprint density at radius 3 is 1.89 bits per heavy atom. The van der Waals surface area contributed by atoms with Crippen LogP contribution in [0, 0.1) is 0 Å². The molecule has 2 aliphatic carbocycles. The van der Waals surface area contributed by atoms with Crippen LogP contribution in [0.3, 0.4) is 0 Å². The number of likely N-dealkylation sites (N-methyl/N-ethyl adjacent to an activating group) is 2. The molecule has 10 atom stereocenters. The number of aliphatic hydroxyl groups is 2. The zero-order chi connectivity index (χ0) is 50.7. The normalized spacial score (nSPS) is 32.3. The molecule has 2 bridgehead atoms. The van der Waals surface area contributed by atoms with Gasteiger partial charge in [0, 0.05) is 19.8 Å². The molecule has 1 spiro atoms. The first kappa shape index (κ1) is 49.2. The minimum Gasteiger partial charge on any atom is -0.388 e. The van der Waals surface area contributed by atoms with Crippen LogP contribution in [0.5, 0.6) is 0 Å². The van der Waals surface area contributed by atoms with Gasteiger partial charge in [-0.15, -0.1) is 23.5 Å². The number of carbonyl (C=O) groups excluding carboxylic acids is 4. The number of anilines is 2. The van der Waals surface area contributed by atoms with Crippen LogP contribution >= 0.6 is 45.1 Å². The predicted octanol–water partition coefficient (Wildman–Crippen LogP) is 6.57. The fourth-order valence-corrected chi connectivity index (χ4v) is 20.7. The van der Waals surface area contributed by atoms with E-state index in [1.54, 1.807) is 49.3 Å². The SMILES string of the molecule is C.CN1C(=O)[C@]23SS[C@H]1C(=O)N2[C@H]1N(S(=O)(=O)c2ccccc2)c2ccccc2[C@@]1(C1=CCc2ccccc21)[C@@H]3O.CS[C@H]1C(=O)N2[C@H]3Nc4ccccc4[C@@]3(C3=CCc4ccccc43)[C@H](O)[C@]2(SC)C(=O)N1C. The molecule has 8 heterocycles. The maximum absolute atomic E-state index is 14.6. The van der Waals surface area contributed by atoms with Crippen molar-refractivity contribution in [2.75, 3.05) is 36.2 Å². The van der Waals surface area contributed by atoms with Gasteiger partial charge in [0.15, 0.2) is 15.6 Å². The fourth-order valence-electron chi connectivity index (χ4n) is 13.7. The van der Waals surface area contributed by atoms with Crippen molar-refractivity contribution in [1.82, 2.24) is 19.6 Å². The summed E-state index contributed by atoms with van der Waals surface area (Å²) in [5, 5.41) is 27.1. The summed E-state index contributed by atoms with van der Waals surface area (Å²) in [5.74, 6) is -1.17. The first-order valence-corrected chi connectivity index (χ1v) is 30.0.